The molecule has 2 aliphatic rings. The number of allylic oxidation sites excluding steroid dienone is 1. The van der Waals surface area contributed by atoms with Crippen LogP contribution in [0.1, 0.15) is 6.92 Å². The van der Waals surface area contributed by atoms with Crippen molar-refractivity contribution in [2.45, 2.75) is 28.1 Å². The molecule has 1 aromatic heterocycles. The Labute approximate surface area is 207 Å². The van der Waals surface area contributed by atoms with E-state index >= 15 is 0 Å². The van der Waals surface area contributed by atoms with Gasteiger partial charge < -0.3 is 14.4 Å². The summed E-state index contributed by atoms with van der Waals surface area (Å²) in [6.07, 6.45) is 3.20. The van der Waals surface area contributed by atoms with Crippen LogP contribution in [0.25, 0.3) is 0 Å². The predicted octanol–water partition coefficient (Wildman–Crippen LogP) is 1.46. The number of carboxylic acid groups (broad SMARTS) is 1. The summed E-state index contributed by atoms with van der Waals surface area (Å²) in [6, 6.07) is 8.72. The van der Waals surface area contributed by atoms with Gasteiger partial charge in [0, 0.05) is 31.9 Å². The van der Waals surface area contributed by atoms with Crippen molar-refractivity contribution < 1.29 is 24.0 Å². The highest BCUT2D eigenvalue weighted by Crippen LogP contribution is 2.51. The van der Waals surface area contributed by atoms with E-state index in [4.69, 9.17) is 4.74 Å². The summed E-state index contributed by atoms with van der Waals surface area (Å²) in [7, 11) is 3.06. The molecule has 0 aliphatic carbocycles. The highest BCUT2D eigenvalue weighted by molar-refractivity contribution is 8.01. The molecule has 1 unspecified atom stereocenters. The van der Waals surface area contributed by atoms with Crippen LogP contribution in [0.4, 0.5) is 0 Å². The standard InChI is InChI=1S/C20H22N6O5S3/c1-4-10-25(34(30)14-8-6-5-7-9-14)20(31-3)17(29)26-15(16(27)28)13(11-32-18(20)26)12-33-19-21-22-23-24(19)2/h4-10,18H,11-12H2,1-3H3,(H,27,28)/b10-4-/t18-,20+,34?/m1/s1. The van der Waals surface area contributed by atoms with Gasteiger partial charge in [0.25, 0.3) is 11.6 Å². The van der Waals surface area contributed by atoms with Crippen LogP contribution in [0.15, 0.2) is 63.9 Å². The molecule has 1 fully saturated rings. The summed E-state index contributed by atoms with van der Waals surface area (Å²) in [5.41, 5.74) is -1.14. The lowest BCUT2D eigenvalue weighted by molar-refractivity contribution is -0.202. The number of rotatable bonds is 9. The van der Waals surface area contributed by atoms with E-state index in [1.807, 2.05) is 0 Å². The number of carboxylic acids is 1. The molecule has 11 nitrogen and oxygen atoms in total. The molecular formula is C20H22N6O5S3. The smallest absolute Gasteiger partial charge is 0.352 e. The van der Waals surface area contributed by atoms with Crippen LogP contribution < -0.4 is 0 Å². The molecule has 1 N–H and O–H groups in total. The van der Waals surface area contributed by atoms with Crippen LogP contribution >= 0.6 is 23.5 Å². The van der Waals surface area contributed by atoms with Crippen molar-refractivity contribution in [2.75, 3.05) is 18.6 Å². The number of ether oxygens (including phenoxy) is 1. The van der Waals surface area contributed by atoms with E-state index in [0.717, 1.165) is 0 Å². The lowest BCUT2D eigenvalue weighted by Crippen LogP contribution is -2.80. The second kappa shape index (κ2) is 10.00. The van der Waals surface area contributed by atoms with Gasteiger partial charge in [-0.2, -0.15) is 4.31 Å². The molecule has 0 bridgehead atoms. The topological polar surface area (TPSA) is 137 Å². The third-order valence-corrected chi connectivity index (χ3v) is 9.18. The monoisotopic (exact) mass is 522 g/mol. The maximum Gasteiger partial charge on any atom is 0.352 e. The van der Waals surface area contributed by atoms with Gasteiger partial charge in [0.05, 0.1) is 0 Å². The molecule has 2 aromatic rings. The molecule has 180 valence electrons. The van der Waals surface area contributed by atoms with Gasteiger partial charge in [-0.1, -0.05) is 36.0 Å². The average molecular weight is 523 g/mol. The highest BCUT2D eigenvalue weighted by Gasteiger charge is 2.71. The van der Waals surface area contributed by atoms with Crippen LogP contribution in [0, 0.1) is 0 Å². The van der Waals surface area contributed by atoms with Gasteiger partial charge in [0.1, 0.15) is 22.4 Å². The Morgan fingerprint density at radius 2 is 2.21 bits per heavy atom. The van der Waals surface area contributed by atoms with E-state index in [1.165, 1.54) is 44.5 Å². The average Bonchev–Trinajstić information content (AvgIpc) is 3.26. The van der Waals surface area contributed by atoms with Crippen molar-refractivity contribution in [2.24, 2.45) is 7.05 Å². The van der Waals surface area contributed by atoms with Crippen LogP contribution in [0.5, 0.6) is 0 Å². The summed E-state index contributed by atoms with van der Waals surface area (Å²) < 4.78 is 22.1. The number of amides is 1. The Morgan fingerprint density at radius 3 is 2.79 bits per heavy atom. The number of aromatic nitrogens is 4. The van der Waals surface area contributed by atoms with Crippen LogP contribution in [0.2, 0.25) is 0 Å². The van der Waals surface area contributed by atoms with Gasteiger partial charge in [-0.15, -0.1) is 16.9 Å². The summed E-state index contributed by atoms with van der Waals surface area (Å²) in [6.45, 7) is 1.74. The molecular weight excluding hydrogens is 500 g/mol. The summed E-state index contributed by atoms with van der Waals surface area (Å²) in [4.78, 5) is 27.5. The van der Waals surface area contributed by atoms with Crippen molar-refractivity contribution in [1.82, 2.24) is 29.4 Å². The molecule has 0 radical (unpaired) electrons. The molecule has 0 spiro atoms. The Balaban J connectivity index is 1.67. The van der Waals surface area contributed by atoms with Gasteiger partial charge in [-0.3, -0.25) is 9.69 Å². The second-order valence-electron chi connectivity index (χ2n) is 7.24. The SMILES string of the molecule is C/C=C\N([S+]([O-])c1ccccc1)[C@]1(OC)C(=O)N2C(C(=O)O)=C(CSc3nnnn3C)CS[C@@H]21. The second-order valence-corrected chi connectivity index (χ2v) is 10.6. The van der Waals surface area contributed by atoms with E-state index in [9.17, 15) is 19.2 Å². The molecule has 4 rings (SSSR count). The zero-order valence-corrected chi connectivity index (χ0v) is 21.0. The fraction of sp³-hybridized carbons (Fsp3) is 0.350. The quantitative estimate of drug-likeness (QED) is 0.222. The van der Waals surface area contributed by atoms with E-state index in [1.54, 1.807) is 56.6 Å². The number of nitrogens with zero attached hydrogens (tertiary/aromatic N) is 6. The van der Waals surface area contributed by atoms with Crippen LogP contribution in [0.3, 0.4) is 0 Å². The first-order valence-corrected chi connectivity index (χ1v) is 13.2. The maximum absolute atomic E-state index is 13.6. The molecule has 3 atom stereocenters. The van der Waals surface area contributed by atoms with E-state index in [0.29, 0.717) is 27.1 Å². The summed E-state index contributed by atoms with van der Waals surface area (Å²) >= 11 is 0.884. The first kappa shape index (κ1) is 24.6. The summed E-state index contributed by atoms with van der Waals surface area (Å²) in [5.74, 6) is -1.15. The number of hydrogen-bond acceptors (Lipinski definition) is 10. The van der Waals surface area contributed by atoms with Crippen molar-refractivity contribution in [3.63, 3.8) is 0 Å². The van der Waals surface area contributed by atoms with Gasteiger partial charge in [0.2, 0.25) is 5.16 Å². The Kier molecular flexibility index (Phi) is 7.23. The molecule has 1 aromatic carbocycles. The molecule has 34 heavy (non-hydrogen) atoms. The normalized spacial score (nSPS) is 23.1. The third-order valence-electron chi connectivity index (χ3n) is 5.29. The van der Waals surface area contributed by atoms with Gasteiger partial charge in [-0.25, -0.2) is 9.48 Å². The Morgan fingerprint density at radius 1 is 1.47 bits per heavy atom. The molecule has 14 heteroatoms. The van der Waals surface area contributed by atoms with E-state index in [2.05, 4.69) is 15.5 Å². The molecule has 1 amide bonds. The lowest BCUT2D eigenvalue weighted by atomic mass is 9.98. The number of carbonyl (C=O) groups excluding carboxylic acids is 1. The molecule has 0 saturated carbocycles. The van der Waals surface area contributed by atoms with Crippen molar-refractivity contribution in [3.05, 3.63) is 53.9 Å². The largest absolute Gasteiger partial charge is 0.588 e. The number of β-lactam (4-membered cyclic amide) rings is 1. The summed E-state index contributed by atoms with van der Waals surface area (Å²) in [5, 5.41) is 21.1. The van der Waals surface area contributed by atoms with Crippen LogP contribution in [-0.2, 0) is 32.7 Å². The lowest BCUT2D eigenvalue weighted by Gasteiger charge is -2.57. The Bertz CT molecular complexity index is 1140. The highest BCUT2D eigenvalue weighted by atomic mass is 32.2. The van der Waals surface area contributed by atoms with Gasteiger partial charge in [-0.05, 0) is 35.1 Å². The minimum Gasteiger partial charge on any atom is -0.588 e. The minimum atomic E-state index is -1.76. The maximum atomic E-state index is 13.6. The third kappa shape index (κ3) is 3.98. The predicted molar refractivity (Wildman–Crippen MR) is 127 cm³/mol. The number of thioether (sulfide) groups is 2. The zero-order valence-electron chi connectivity index (χ0n) is 18.5. The molecule has 3 heterocycles. The minimum absolute atomic E-state index is 0.0880. The number of hydrogen-bond donors (Lipinski definition) is 1. The zero-order chi connectivity index (χ0) is 24.5. The first-order chi connectivity index (χ1) is 16.4. The number of benzene rings is 1. The first-order valence-electron chi connectivity index (χ1n) is 10.1. The van der Waals surface area contributed by atoms with Crippen LogP contribution in [-0.4, -0.2) is 80.7 Å². The number of tetrazole rings is 1. The molecule has 1 saturated heterocycles. The number of aryl methyl sites for hydroxylation is 1. The number of fused-ring (bicyclic) bond motifs is 1. The van der Waals surface area contributed by atoms with E-state index < -0.39 is 34.3 Å². The fourth-order valence-corrected chi connectivity index (χ4v) is 7.62. The Hall–Kier alpha value is -2.52. The van der Waals surface area contributed by atoms with Crippen molar-refractivity contribution in [3.8, 4) is 0 Å². The van der Waals surface area contributed by atoms with Crippen molar-refractivity contribution >= 4 is 46.8 Å². The van der Waals surface area contributed by atoms with E-state index in [-0.39, 0.29) is 5.70 Å². The van der Waals surface area contributed by atoms with Crippen molar-refractivity contribution in [1.29, 1.82) is 0 Å². The van der Waals surface area contributed by atoms with Gasteiger partial charge in [0.15, 0.2) is 4.90 Å². The van der Waals surface area contributed by atoms with Gasteiger partial charge >= 0.3 is 5.97 Å². The number of methoxy groups -OCH3 is 1. The number of carbonyl (C=O) groups is 2. The number of aliphatic carboxylic acids is 1. The fourth-order valence-electron chi connectivity index (χ4n) is 3.73. The molecule has 2 aliphatic heterocycles.